The van der Waals surface area contributed by atoms with Crippen molar-refractivity contribution in [2.75, 3.05) is 32.8 Å². The summed E-state index contributed by atoms with van der Waals surface area (Å²) in [5.41, 5.74) is 1.52. The number of hydrogen-bond donors (Lipinski definition) is 0. The lowest BCUT2D eigenvalue weighted by Crippen LogP contribution is -2.50. The molecule has 1 saturated heterocycles. The third-order valence-corrected chi connectivity index (χ3v) is 6.08. The SMILES string of the molecule is CCOC(=O)N1CCN(S(=O)(=O)c2ccc(-c3cc(C)no3)cc2)CC1. The maximum Gasteiger partial charge on any atom is 0.409 e. The fourth-order valence-electron chi connectivity index (χ4n) is 2.77. The highest BCUT2D eigenvalue weighted by Crippen LogP contribution is 2.24. The number of rotatable bonds is 4. The van der Waals surface area contributed by atoms with E-state index in [4.69, 9.17) is 9.26 Å². The van der Waals surface area contributed by atoms with Gasteiger partial charge < -0.3 is 14.2 Å². The number of carbonyl (C=O) groups is 1. The monoisotopic (exact) mass is 379 g/mol. The van der Waals surface area contributed by atoms with Gasteiger partial charge in [-0.1, -0.05) is 5.16 Å². The number of piperazine rings is 1. The largest absolute Gasteiger partial charge is 0.450 e. The molecule has 8 nitrogen and oxygen atoms in total. The quantitative estimate of drug-likeness (QED) is 0.808. The Morgan fingerprint density at radius 2 is 1.85 bits per heavy atom. The van der Waals surface area contributed by atoms with Crippen molar-refractivity contribution in [3.63, 3.8) is 0 Å². The first kappa shape index (κ1) is 18.4. The molecule has 140 valence electrons. The minimum atomic E-state index is -3.61. The lowest BCUT2D eigenvalue weighted by Gasteiger charge is -2.33. The Kier molecular flexibility index (Phi) is 5.28. The molecule has 1 aromatic heterocycles. The summed E-state index contributed by atoms with van der Waals surface area (Å²) in [5, 5.41) is 3.83. The third kappa shape index (κ3) is 3.73. The van der Waals surface area contributed by atoms with Crippen molar-refractivity contribution in [3.8, 4) is 11.3 Å². The van der Waals surface area contributed by atoms with Crippen LogP contribution in [0.25, 0.3) is 11.3 Å². The average Bonchev–Trinajstić information content (AvgIpc) is 3.08. The summed E-state index contributed by atoms with van der Waals surface area (Å²) in [5.74, 6) is 0.592. The molecule has 2 aromatic rings. The fourth-order valence-corrected chi connectivity index (χ4v) is 4.19. The van der Waals surface area contributed by atoms with E-state index in [1.54, 1.807) is 37.3 Å². The molecule has 0 aliphatic carbocycles. The van der Waals surface area contributed by atoms with Gasteiger partial charge in [0.2, 0.25) is 10.0 Å². The Bertz CT molecular complexity index is 868. The van der Waals surface area contributed by atoms with Crippen LogP contribution in [0, 0.1) is 6.92 Å². The molecule has 0 spiro atoms. The highest BCUT2D eigenvalue weighted by atomic mass is 32.2. The highest BCUT2D eigenvalue weighted by Gasteiger charge is 2.30. The van der Waals surface area contributed by atoms with Gasteiger partial charge in [-0.05, 0) is 38.1 Å². The van der Waals surface area contributed by atoms with Gasteiger partial charge in [0, 0.05) is 37.8 Å². The molecule has 1 aliphatic rings. The molecule has 0 bridgehead atoms. The summed E-state index contributed by atoms with van der Waals surface area (Å²) in [6.07, 6.45) is -0.406. The van der Waals surface area contributed by atoms with Gasteiger partial charge in [-0.3, -0.25) is 0 Å². The van der Waals surface area contributed by atoms with Crippen molar-refractivity contribution in [3.05, 3.63) is 36.0 Å². The van der Waals surface area contributed by atoms with Crippen LogP contribution < -0.4 is 0 Å². The molecular weight excluding hydrogens is 358 g/mol. The Balaban J connectivity index is 1.70. The topological polar surface area (TPSA) is 93.0 Å². The van der Waals surface area contributed by atoms with Gasteiger partial charge in [0.15, 0.2) is 5.76 Å². The van der Waals surface area contributed by atoms with Crippen molar-refractivity contribution < 1.29 is 22.5 Å². The zero-order valence-corrected chi connectivity index (χ0v) is 15.5. The molecule has 1 amide bonds. The number of nitrogens with zero attached hydrogens (tertiary/aromatic N) is 3. The van der Waals surface area contributed by atoms with Crippen LogP contribution in [0.4, 0.5) is 4.79 Å². The van der Waals surface area contributed by atoms with E-state index in [1.165, 1.54) is 9.21 Å². The molecule has 0 radical (unpaired) electrons. The maximum absolute atomic E-state index is 12.8. The molecular formula is C17H21N3O5S. The van der Waals surface area contributed by atoms with Gasteiger partial charge in [-0.15, -0.1) is 0 Å². The van der Waals surface area contributed by atoms with Crippen LogP contribution in [0.1, 0.15) is 12.6 Å². The van der Waals surface area contributed by atoms with Crippen LogP contribution in [-0.2, 0) is 14.8 Å². The second-order valence-electron chi connectivity index (χ2n) is 5.95. The van der Waals surface area contributed by atoms with E-state index in [0.29, 0.717) is 25.5 Å². The van der Waals surface area contributed by atoms with Gasteiger partial charge >= 0.3 is 6.09 Å². The van der Waals surface area contributed by atoms with E-state index in [0.717, 1.165) is 11.3 Å². The standard InChI is InChI=1S/C17H21N3O5S/c1-3-24-17(21)19-8-10-20(11-9-19)26(22,23)15-6-4-14(5-7-15)16-12-13(2)18-25-16/h4-7,12H,3,8-11H2,1-2H3. The van der Waals surface area contributed by atoms with Crippen molar-refractivity contribution >= 4 is 16.1 Å². The van der Waals surface area contributed by atoms with E-state index in [9.17, 15) is 13.2 Å². The number of benzene rings is 1. The molecule has 3 rings (SSSR count). The highest BCUT2D eigenvalue weighted by molar-refractivity contribution is 7.89. The first-order chi connectivity index (χ1) is 12.4. The molecule has 26 heavy (non-hydrogen) atoms. The van der Waals surface area contributed by atoms with Crippen molar-refractivity contribution in [1.82, 2.24) is 14.4 Å². The van der Waals surface area contributed by atoms with Crippen molar-refractivity contribution in [2.45, 2.75) is 18.7 Å². The summed E-state index contributed by atoms with van der Waals surface area (Å²) in [6.45, 7) is 4.97. The molecule has 9 heteroatoms. The zero-order valence-electron chi connectivity index (χ0n) is 14.7. The molecule has 2 heterocycles. The van der Waals surface area contributed by atoms with E-state index in [1.807, 2.05) is 6.92 Å². The molecule has 0 atom stereocenters. The summed E-state index contributed by atoms with van der Waals surface area (Å²) in [4.78, 5) is 13.4. The van der Waals surface area contributed by atoms with Crippen molar-refractivity contribution in [2.24, 2.45) is 0 Å². The summed E-state index contributed by atoms with van der Waals surface area (Å²) < 4.78 is 37.1. The number of hydrogen-bond acceptors (Lipinski definition) is 6. The molecule has 1 fully saturated rings. The smallest absolute Gasteiger partial charge is 0.409 e. The number of sulfonamides is 1. The number of aromatic nitrogens is 1. The average molecular weight is 379 g/mol. The maximum atomic E-state index is 12.8. The normalized spacial score (nSPS) is 15.8. The van der Waals surface area contributed by atoms with Crippen LogP contribution in [0.3, 0.4) is 0 Å². The van der Waals surface area contributed by atoms with Gasteiger partial charge in [0.25, 0.3) is 0 Å². The molecule has 0 unspecified atom stereocenters. The lowest BCUT2D eigenvalue weighted by atomic mass is 10.2. The molecule has 1 aliphatic heterocycles. The van der Waals surface area contributed by atoms with Gasteiger partial charge in [-0.2, -0.15) is 4.31 Å². The van der Waals surface area contributed by atoms with Crippen LogP contribution >= 0.6 is 0 Å². The second-order valence-corrected chi connectivity index (χ2v) is 7.88. The van der Waals surface area contributed by atoms with Gasteiger partial charge in [0.05, 0.1) is 17.2 Å². The lowest BCUT2D eigenvalue weighted by molar-refractivity contribution is 0.0934. The van der Waals surface area contributed by atoms with E-state index < -0.39 is 16.1 Å². The number of ether oxygens (including phenoxy) is 1. The first-order valence-corrected chi connectivity index (χ1v) is 9.81. The number of aryl methyl sites for hydroxylation is 1. The molecule has 0 saturated carbocycles. The Labute approximate surface area is 152 Å². The third-order valence-electron chi connectivity index (χ3n) is 4.17. The Hall–Kier alpha value is -2.39. The fraction of sp³-hybridized carbons (Fsp3) is 0.412. The minimum absolute atomic E-state index is 0.210. The second kappa shape index (κ2) is 7.46. The Morgan fingerprint density at radius 3 is 2.38 bits per heavy atom. The molecule has 1 aromatic carbocycles. The van der Waals surface area contributed by atoms with Gasteiger partial charge in [-0.25, -0.2) is 13.2 Å². The summed E-state index contributed by atoms with van der Waals surface area (Å²) in [6, 6.07) is 8.29. The minimum Gasteiger partial charge on any atom is -0.450 e. The van der Waals surface area contributed by atoms with Crippen LogP contribution in [0.2, 0.25) is 0 Å². The van der Waals surface area contributed by atoms with Crippen molar-refractivity contribution in [1.29, 1.82) is 0 Å². The molecule has 0 N–H and O–H groups in total. The predicted molar refractivity (Wildman–Crippen MR) is 94.0 cm³/mol. The zero-order chi connectivity index (χ0) is 18.7. The van der Waals surface area contributed by atoms with E-state index in [2.05, 4.69) is 5.16 Å². The van der Waals surface area contributed by atoms with Crippen LogP contribution in [0.5, 0.6) is 0 Å². The van der Waals surface area contributed by atoms with E-state index in [-0.39, 0.29) is 18.0 Å². The van der Waals surface area contributed by atoms with Crippen LogP contribution in [-0.4, -0.2) is 61.7 Å². The van der Waals surface area contributed by atoms with E-state index >= 15 is 0 Å². The Morgan fingerprint density at radius 1 is 1.19 bits per heavy atom. The number of amides is 1. The number of carbonyl (C=O) groups excluding carboxylic acids is 1. The predicted octanol–water partition coefficient (Wildman–Crippen LogP) is 2.11. The summed E-state index contributed by atoms with van der Waals surface area (Å²) >= 11 is 0. The van der Waals surface area contributed by atoms with Gasteiger partial charge in [0.1, 0.15) is 0 Å². The first-order valence-electron chi connectivity index (χ1n) is 8.37. The summed E-state index contributed by atoms with van der Waals surface area (Å²) in [7, 11) is -3.61. The van der Waals surface area contributed by atoms with Crippen LogP contribution in [0.15, 0.2) is 39.8 Å².